The highest BCUT2D eigenvalue weighted by Gasteiger charge is 2.14. The van der Waals surface area contributed by atoms with Gasteiger partial charge in [0.15, 0.2) is 0 Å². The third-order valence-electron chi connectivity index (χ3n) is 2.43. The molecule has 0 atom stereocenters. The van der Waals surface area contributed by atoms with Gasteiger partial charge in [0.1, 0.15) is 5.75 Å². The fourth-order valence-corrected chi connectivity index (χ4v) is 3.84. The first kappa shape index (κ1) is 17.7. The first-order valence-corrected chi connectivity index (χ1v) is 9.26. The minimum absolute atomic E-state index is 0.00992. The predicted molar refractivity (Wildman–Crippen MR) is 88.9 cm³/mol. The van der Waals surface area contributed by atoms with E-state index in [1.54, 1.807) is 12.1 Å². The van der Waals surface area contributed by atoms with Gasteiger partial charge in [-0.25, -0.2) is 8.42 Å². The van der Waals surface area contributed by atoms with E-state index in [0.717, 1.165) is 4.47 Å². The molecule has 1 aromatic carbocycles. The molecule has 0 fully saturated rings. The summed E-state index contributed by atoms with van der Waals surface area (Å²) in [7, 11) is -1.88. The van der Waals surface area contributed by atoms with Crippen LogP contribution in [0, 0.1) is 0 Å². The highest BCUT2D eigenvalue weighted by molar-refractivity contribution is 9.11. The van der Waals surface area contributed by atoms with Gasteiger partial charge in [0, 0.05) is 23.1 Å². The molecular weight excluding hydrogens is 412 g/mol. The maximum Gasteiger partial charge on any atom is 0.234 e. The number of halogens is 2. The SMILES string of the molecule is COc1cc(NS(=O)(=O)CCNC(C)C)c(Br)cc1Br. The molecule has 0 bridgehead atoms. The molecule has 8 heteroatoms. The minimum atomic E-state index is -3.40. The summed E-state index contributed by atoms with van der Waals surface area (Å²) in [4.78, 5) is 0. The van der Waals surface area contributed by atoms with E-state index < -0.39 is 10.0 Å². The molecule has 20 heavy (non-hydrogen) atoms. The van der Waals surface area contributed by atoms with Crippen molar-refractivity contribution in [3.63, 3.8) is 0 Å². The Morgan fingerprint density at radius 2 is 1.90 bits per heavy atom. The number of rotatable bonds is 7. The second-order valence-corrected chi connectivity index (χ2v) is 8.05. The summed E-state index contributed by atoms with van der Waals surface area (Å²) in [5.74, 6) is 0.571. The molecule has 0 aromatic heterocycles. The maximum absolute atomic E-state index is 12.0. The van der Waals surface area contributed by atoms with Gasteiger partial charge in [-0.2, -0.15) is 0 Å². The lowest BCUT2D eigenvalue weighted by atomic mass is 10.3. The van der Waals surface area contributed by atoms with Gasteiger partial charge in [0.2, 0.25) is 10.0 Å². The zero-order valence-corrected chi connectivity index (χ0v) is 15.5. The number of hydrogen-bond donors (Lipinski definition) is 2. The molecule has 0 saturated heterocycles. The molecule has 114 valence electrons. The van der Waals surface area contributed by atoms with E-state index in [0.29, 0.717) is 22.5 Å². The van der Waals surface area contributed by atoms with Gasteiger partial charge in [0.25, 0.3) is 0 Å². The lowest BCUT2D eigenvalue weighted by Crippen LogP contribution is -2.31. The van der Waals surface area contributed by atoms with Crippen molar-refractivity contribution in [1.82, 2.24) is 5.32 Å². The van der Waals surface area contributed by atoms with Crippen molar-refractivity contribution in [2.75, 3.05) is 24.1 Å². The van der Waals surface area contributed by atoms with Crippen molar-refractivity contribution < 1.29 is 13.2 Å². The Labute approximate surface area is 136 Å². The molecule has 0 spiro atoms. The van der Waals surface area contributed by atoms with Gasteiger partial charge in [-0.1, -0.05) is 13.8 Å². The number of hydrogen-bond acceptors (Lipinski definition) is 4. The summed E-state index contributed by atoms with van der Waals surface area (Å²) >= 11 is 6.66. The quantitative estimate of drug-likeness (QED) is 0.699. The predicted octanol–water partition coefficient (Wildman–Crippen LogP) is 2.96. The normalized spacial score (nSPS) is 11.7. The highest BCUT2D eigenvalue weighted by atomic mass is 79.9. The van der Waals surface area contributed by atoms with Crippen molar-refractivity contribution in [3.05, 3.63) is 21.1 Å². The van der Waals surface area contributed by atoms with Gasteiger partial charge < -0.3 is 10.1 Å². The number of anilines is 1. The van der Waals surface area contributed by atoms with Gasteiger partial charge in [-0.3, -0.25) is 4.72 Å². The maximum atomic E-state index is 12.0. The zero-order valence-electron chi connectivity index (χ0n) is 11.5. The summed E-state index contributed by atoms with van der Waals surface area (Å²) in [5.41, 5.74) is 0.453. The van der Waals surface area contributed by atoms with Crippen LogP contribution in [-0.4, -0.2) is 33.9 Å². The standard InChI is InChI=1S/C12H18Br2N2O3S/c1-8(2)15-4-5-20(17,18)16-11-7-12(19-3)10(14)6-9(11)13/h6-8,15-16H,4-5H2,1-3H3. The van der Waals surface area contributed by atoms with E-state index in [-0.39, 0.29) is 11.8 Å². The van der Waals surface area contributed by atoms with E-state index >= 15 is 0 Å². The largest absolute Gasteiger partial charge is 0.495 e. The van der Waals surface area contributed by atoms with Gasteiger partial charge in [-0.15, -0.1) is 0 Å². The second-order valence-electron chi connectivity index (χ2n) is 4.50. The van der Waals surface area contributed by atoms with E-state index in [1.165, 1.54) is 7.11 Å². The van der Waals surface area contributed by atoms with Crippen LogP contribution in [0.15, 0.2) is 21.1 Å². The summed E-state index contributed by atoms with van der Waals surface area (Å²) in [6.07, 6.45) is 0. The molecule has 0 aliphatic heterocycles. The summed E-state index contributed by atoms with van der Waals surface area (Å²) < 4.78 is 33.1. The average Bonchev–Trinajstić information content (AvgIpc) is 2.31. The molecule has 0 unspecified atom stereocenters. The molecule has 0 aliphatic carbocycles. The second kappa shape index (κ2) is 7.63. The minimum Gasteiger partial charge on any atom is -0.495 e. The van der Waals surface area contributed by atoms with Crippen LogP contribution >= 0.6 is 31.9 Å². The van der Waals surface area contributed by atoms with Crippen molar-refractivity contribution >= 4 is 47.6 Å². The Morgan fingerprint density at radius 3 is 2.45 bits per heavy atom. The third kappa shape index (κ3) is 5.59. The van der Waals surface area contributed by atoms with E-state index in [4.69, 9.17) is 4.74 Å². The first-order valence-electron chi connectivity index (χ1n) is 6.02. The molecule has 1 rings (SSSR count). The summed E-state index contributed by atoms with van der Waals surface area (Å²) in [6.45, 7) is 4.34. The van der Waals surface area contributed by atoms with E-state index in [9.17, 15) is 8.42 Å². The molecule has 0 aliphatic rings. The Hall–Kier alpha value is -0.310. The number of benzene rings is 1. The smallest absolute Gasteiger partial charge is 0.234 e. The fourth-order valence-electron chi connectivity index (χ4n) is 1.46. The van der Waals surface area contributed by atoms with Crippen molar-refractivity contribution in [1.29, 1.82) is 0 Å². The zero-order chi connectivity index (χ0) is 15.3. The van der Waals surface area contributed by atoms with Crippen LogP contribution in [0.5, 0.6) is 5.75 Å². The highest BCUT2D eigenvalue weighted by Crippen LogP contribution is 2.34. The molecule has 5 nitrogen and oxygen atoms in total. The van der Waals surface area contributed by atoms with Crippen LogP contribution in [0.1, 0.15) is 13.8 Å². The van der Waals surface area contributed by atoms with Crippen molar-refractivity contribution in [2.24, 2.45) is 0 Å². The Balaban J connectivity index is 2.81. The van der Waals surface area contributed by atoms with Crippen LogP contribution in [0.25, 0.3) is 0 Å². The number of sulfonamides is 1. The lowest BCUT2D eigenvalue weighted by Gasteiger charge is -2.13. The molecule has 1 aromatic rings. The first-order chi connectivity index (χ1) is 9.25. The Bertz CT molecular complexity index is 562. The van der Waals surface area contributed by atoms with E-state index in [2.05, 4.69) is 41.9 Å². The molecule has 0 saturated carbocycles. The number of ether oxygens (including phenoxy) is 1. The van der Waals surface area contributed by atoms with Gasteiger partial charge >= 0.3 is 0 Å². The van der Waals surface area contributed by atoms with Crippen LogP contribution < -0.4 is 14.8 Å². The van der Waals surface area contributed by atoms with Crippen LogP contribution in [0.2, 0.25) is 0 Å². The number of nitrogens with one attached hydrogen (secondary N) is 2. The topological polar surface area (TPSA) is 67.4 Å². The molecule has 0 heterocycles. The van der Waals surface area contributed by atoms with Crippen LogP contribution in [-0.2, 0) is 10.0 Å². The lowest BCUT2D eigenvalue weighted by molar-refractivity contribution is 0.412. The Kier molecular flexibility index (Phi) is 6.77. The summed E-state index contributed by atoms with van der Waals surface area (Å²) in [6, 6.07) is 3.62. The molecule has 2 N–H and O–H groups in total. The van der Waals surface area contributed by atoms with Gasteiger partial charge in [-0.05, 0) is 37.9 Å². The van der Waals surface area contributed by atoms with Crippen molar-refractivity contribution in [2.45, 2.75) is 19.9 Å². The monoisotopic (exact) mass is 428 g/mol. The van der Waals surface area contributed by atoms with E-state index in [1.807, 2.05) is 13.8 Å². The third-order valence-corrected chi connectivity index (χ3v) is 4.98. The van der Waals surface area contributed by atoms with Crippen LogP contribution in [0.3, 0.4) is 0 Å². The van der Waals surface area contributed by atoms with Crippen LogP contribution in [0.4, 0.5) is 5.69 Å². The van der Waals surface area contributed by atoms with Crippen molar-refractivity contribution in [3.8, 4) is 5.75 Å². The van der Waals surface area contributed by atoms with Gasteiger partial charge in [0.05, 0.1) is 23.0 Å². The average molecular weight is 430 g/mol. The molecular formula is C12H18Br2N2O3S. The fraction of sp³-hybridized carbons (Fsp3) is 0.500. The number of methoxy groups -OCH3 is 1. The summed E-state index contributed by atoms with van der Waals surface area (Å²) in [5, 5.41) is 3.07. The molecule has 0 amide bonds. The molecule has 0 radical (unpaired) electrons. The Morgan fingerprint density at radius 1 is 1.25 bits per heavy atom.